The predicted molar refractivity (Wildman–Crippen MR) is 99.3 cm³/mol. The number of carboxylic acids is 1. The van der Waals surface area contributed by atoms with E-state index in [1.807, 2.05) is 31.2 Å². The normalized spacial score (nSPS) is 13.0. The molecule has 0 unspecified atom stereocenters. The van der Waals surface area contributed by atoms with Crippen LogP contribution in [0.2, 0.25) is 0 Å². The number of hydrogen-bond acceptors (Lipinski definition) is 5. The highest BCUT2D eigenvalue weighted by Crippen LogP contribution is 2.34. The minimum absolute atomic E-state index is 0.152. The van der Waals surface area contributed by atoms with Gasteiger partial charge in [0.2, 0.25) is 5.91 Å². The van der Waals surface area contributed by atoms with Gasteiger partial charge in [0.1, 0.15) is 6.04 Å². The van der Waals surface area contributed by atoms with E-state index in [2.05, 4.69) is 5.32 Å². The molecule has 2 aromatic rings. The van der Waals surface area contributed by atoms with Crippen LogP contribution in [0.5, 0.6) is 0 Å². The predicted octanol–water partition coefficient (Wildman–Crippen LogP) is 3.22. The molecule has 2 rings (SSSR count). The molecular formula is C19H21NO5S. The molecule has 138 valence electrons. The summed E-state index contributed by atoms with van der Waals surface area (Å²) in [5.41, 5.74) is 2.02. The Bertz CT molecular complexity index is 755. The maximum atomic E-state index is 12.4. The van der Waals surface area contributed by atoms with Crippen LogP contribution in [0.4, 0.5) is 0 Å². The number of aliphatic carboxylic acids is 1. The molecule has 0 radical (unpaired) electrons. The molecule has 1 amide bonds. The standard InChI is InChI=1S/C19H21NO5S/c1-12-5-7-14(8-6-12)18(10-16(22)17-4-3-9-25-17)26-11-15(19(23)24)20-13(2)21/h3-9,15,18H,10-11H2,1-2H3,(H,20,21)(H,23,24)/t15-,18+/m1/s1. The first-order chi connectivity index (χ1) is 12.4. The number of nitrogens with one attached hydrogen (secondary N) is 1. The number of carboxylic acid groups (broad SMARTS) is 1. The fourth-order valence-corrected chi connectivity index (χ4v) is 3.66. The highest BCUT2D eigenvalue weighted by Gasteiger charge is 2.24. The summed E-state index contributed by atoms with van der Waals surface area (Å²) in [5, 5.41) is 11.4. The SMILES string of the molecule is CC(=O)N[C@H](CS[C@@H](CC(=O)c1ccco1)c1ccc(C)cc1)C(=O)O. The van der Waals surface area contributed by atoms with Gasteiger partial charge < -0.3 is 14.8 Å². The van der Waals surface area contributed by atoms with Gasteiger partial charge in [-0.15, -0.1) is 0 Å². The molecule has 1 heterocycles. The molecule has 1 aromatic carbocycles. The third-order valence-corrected chi connectivity index (χ3v) is 5.12. The van der Waals surface area contributed by atoms with Crippen LogP contribution in [0.25, 0.3) is 0 Å². The summed E-state index contributed by atoms with van der Waals surface area (Å²) in [5.74, 6) is -1.23. The number of carbonyl (C=O) groups is 3. The van der Waals surface area contributed by atoms with Gasteiger partial charge in [0, 0.05) is 24.3 Å². The number of carbonyl (C=O) groups excluding carboxylic acids is 2. The largest absolute Gasteiger partial charge is 0.480 e. The second kappa shape index (κ2) is 9.24. The number of rotatable bonds is 9. The van der Waals surface area contributed by atoms with E-state index in [0.29, 0.717) is 0 Å². The lowest BCUT2D eigenvalue weighted by atomic mass is 10.0. The van der Waals surface area contributed by atoms with Crippen LogP contribution in [0.15, 0.2) is 47.1 Å². The molecule has 26 heavy (non-hydrogen) atoms. The van der Waals surface area contributed by atoms with E-state index >= 15 is 0 Å². The number of benzene rings is 1. The maximum absolute atomic E-state index is 12.4. The van der Waals surface area contributed by atoms with Crippen LogP contribution in [-0.2, 0) is 9.59 Å². The third kappa shape index (κ3) is 5.77. The summed E-state index contributed by atoms with van der Waals surface area (Å²) in [4.78, 5) is 34.9. The molecule has 0 saturated heterocycles. The van der Waals surface area contributed by atoms with Crippen LogP contribution < -0.4 is 5.32 Å². The molecule has 1 aromatic heterocycles. The van der Waals surface area contributed by atoms with Crippen molar-refractivity contribution in [2.45, 2.75) is 31.6 Å². The fourth-order valence-electron chi connectivity index (χ4n) is 2.39. The van der Waals surface area contributed by atoms with Crippen LogP contribution >= 0.6 is 11.8 Å². The van der Waals surface area contributed by atoms with Crippen LogP contribution in [0.1, 0.15) is 40.3 Å². The number of amides is 1. The Balaban J connectivity index is 2.14. The maximum Gasteiger partial charge on any atom is 0.327 e. The van der Waals surface area contributed by atoms with Gasteiger partial charge in [0.05, 0.1) is 6.26 Å². The van der Waals surface area contributed by atoms with E-state index in [1.165, 1.54) is 24.9 Å². The molecule has 7 heteroatoms. The van der Waals surface area contributed by atoms with Gasteiger partial charge in [-0.1, -0.05) is 29.8 Å². The molecule has 0 aliphatic heterocycles. The Labute approximate surface area is 156 Å². The summed E-state index contributed by atoms with van der Waals surface area (Å²) < 4.78 is 5.16. The van der Waals surface area contributed by atoms with E-state index in [-0.39, 0.29) is 29.0 Å². The summed E-state index contributed by atoms with van der Waals surface area (Å²) in [6.45, 7) is 3.25. The third-order valence-electron chi connectivity index (χ3n) is 3.76. The number of hydrogen-bond donors (Lipinski definition) is 2. The Morgan fingerprint density at radius 2 is 1.88 bits per heavy atom. The summed E-state index contributed by atoms with van der Waals surface area (Å²) in [6, 6.07) is 10.00. The van der Waals surface area contributed by atoms with Gasteiger partial charge in [0.25, 0.3) is 0 Å². The van der Waals surface area contributed by atoms with Gasteiger partial charge in [-0.3, -0.25) is 9.59 Å². The van der Waals surface area contributed by atoms with Crippen molar-refractivity contribution < 1.29 is 23.9 Å². The van der Waals surface area contributed by atoms with Crippen molar-refractivity contribution in [1.82, 2.24) is 5.32 Å². The average molecular weight is 375 g/mol. The van der Waals surface area contributed by atoms with Crippen molar-refractivity contribution >= 4 is 29.4 Å². The van der Waals surface area contributed by atoms with E-state index in [1.54, 1.807) is 12.1 Å². The number of thioether (sulfide) groups is 1. The number of aryl methyl sites for hydroxylation is 1. The minimum atomic E-state index is -1.10. The van der Waals surface area contributed by atoms with Crippen molar-refractivity contribution in [2.75, 3.05) is 5.75 Å². The van der Waals surface area contributed by atoms with Gasteiger partial charge in [-0.2, -0.15) is 11.8 Å². The van der Waals surface area contributed by atoms with E-state index in [9.17, 15) is 19.5 Å². The van der Waals surface area contributed by atoms with Gasteiger partial charge in [-0.05, 0) is 24.6 Å². The lowest BCUT2D eigenvalue weighted by molar-refractivity contribution is -0.140. The molecule has 0 aliphatic carbocycles. The molecule has 0 spiro atoms. The zero-order valence-electron chi connectivity index (χ0n) is 14.6. The lowest BCUT2D eigenvalue weighted by Crippen LogP contribution is -2.41. The Morgan fingerprint density at radius 3 is 2.42 bits per heavy atom. The van der Waals surface area contributed by atoms with Gasteiger partial charge in [0.15, 0.2) is 11.5 Å². The van der Waals surface area contributed by atoms with Crippen molar-refractivity contribution in [2.24, 2.45) is 0 Å². The average Bonchev–Trinajstić information content (AvgIpc) is 3.12. The van der Waals surface area contributed by atoms with Crippen LogP contribution in [0, 0.1) is 6.92 Å². The first-order valence-corrected chi connectivity index (χ1v) is 9.16. The number of Topliss-reactive ketones (excluding diaryl/α,β-unsaturated/α-hetero) is 1. The molecule has 6 nitrogen and oxygen atoms in total. The minimum Gasteiger partial charge on any atom is -0.480 e. The Kier molecular flexibility index (Phi) is 7.03. The molecule has 0 saturated carbocycles. The topological polar surface area (TPSA) is 96.6 Å². The van der Waals surface area contributed by atoms with Crippen LogP contribution in [-0.4, -0.2) is 34.6 Å². The molecule has 0 fully saturated rings. The second-order valence-corrected chi connectivity index (χ2v) is 7.16. The van der Waals surface area contributed by atoms with Crippen molar-refractivity contribution in [3.63, 3.8) is 0 Å². The summed E-state index contributed by atoms with van der Waals surface area (Å²) in [7, 11) is 0. The van der Waals surface area contributed by atoms with Gasteiger partial charge >= 0.3 is 5.97 Å². The molecule has 2 atom stereocenters. The zero-order valence-corrected chi connectivity index (χ0v) is 15.4. The second-order valence-electron chi connectivity index (χ2n) is 5.93. The fraction of sp³-hybridized carbons (Fsp3) is 0.316. The molecule has 0 aliphatic rings. The van der Waals surface area contributed by atoms with Crippen LogP contribution in [0.3, 0.4) is 0 Å². The summed E-state index contributed by atoms with van der Waals surface area (Å²) >= 11 is 1.33. The summed E-state index contributed by atoms with van der Waals surface area (Å²) in [6.07, 6.45) is 1.62. The van der Waals surface area contributed by atoms with E-state index in [0.717, 1.165) is 11.1 Å². The first kappa shape index (κ1) is 19.8. The monoisotopic (exact) mass is 375 g/mol. The van der Waals surface area contributed by atoms with Gasteiger partial charge in [-0.25, -0.2) is 4.79 Å². The molecule has 2 N–H and O–H groups in total. The highest BCUT2D eigenvalue weighted by molar-refractivity contribution is 7.99. The number of furan rings is 1. The Morgan fingerprint density at radius 1 is 1.19 bits per heavy atom. The molecule has 0 bridgehead atoms. The molecular weight excluding hydrogens is 354 g/mol. The van der Waals surface area contributed by atoms with Crippen molar-refractivity contribution in [3.8, 4) is 0 Å². The van der Waals surface area contributed by atoms with Crippen molar-refractivity contribution in [3.05, 3.63) is 59.5 Å². The first-order valence-electron chi connectivity index (χ1n) is 8.11. The Hall–Kier alpha value is -2.54. The number of ketones is 1. The highest BCUT2D eigenvalue weighted by atomic mass is 32.2. The lowest BCUT2D eigenvalue weighted by Gasteiger charge is -2.19. The van der Waals surface area contributed by atoms with E-state index < -0.39 is 17.9 Å². The zero-order chi connectivity index (χ0) is 19.1. The quantitative estimate of drug-likeness (QED) is 0.653. The van der Waals surface area contributed by atoms with E-state index in [4.69, 9.17) is 4.42 Å². The smallest absolute Gasteiger partial charge is 0.327 e. The van der Waals surface area contributed by atoms with Crippen molar-refractivity contribution in [1.29, 1.82) is 0 Å².